The molecular formula is C18H14FN3O3. The summed E-state index contributed by atoms with van der Waals surface area (Å²) in [4.78, 5) is 24.0. The van der Waals surface area contributed by atoms with Crippen molar-refractivity contribution in [2.24, 2.45) is 5.73 Å². The smallest absolute Gasteiger partial charge is 0.274 e. The fourth-order valence-electron chi connectivity index (χ4n) is 2.34. The van der Waals surface area contributed by atoms with Gasteiger partial charge in [0.05, 0.1) is 5.56 Å². The molecule has 3 aromatic rings. The lowest BCUT2D eigenvalue weighted by Crippen LogP contribution is -2.37. The number of nitrogens with two attached hydrogens (primary N) is 1. The lowest BCUT2D eigenvalue weighted by molar-refractivity contribution is -0.120. The lowest BCUT2D eigenvalue weighted by Gasteiger charge is -2.14. The maximum Gasteiger partial charge on any atom is 0.274 e. The van der Waals surface area contributed by atoms with E-state index in [2.05, 4.69) is 10.5 Å². The average molecular weight is 339 g/mol. The van der Waals surface area contributed by atoms with Crippen molar-refractivity contribution in [3.63, 3.8) is 0 Å². The second kappa shape index (κ2) is 6.96. The second-order valence-corrected chi connectivity index (χ2v) is 5.28. The Labute approximate surface area is 142 Å². The molecule has 0 aliphatic heterocycles. The third kappa shape index (κ3) is 3.55. The van der Waals surface area contributed by atoms with Gasteiger partial charge in [-0.2, -0.15) is 0 Å². The minimum absolute atomic E-state index is 0.0829. The number of hydrogen-bond acceptors (Lipinski definition) is 4. The summed E-state index contributed by atoms with van der Waals surface area (Å²) < 4.78 is 18.8. The van der Waals surface area contributed by atoms with Gasteiger partial charge in [0.15, 0.2) is 11.5 Å². The number of hydrogen-bond donors (Lipinski definition) is 2. The topological polar surface area (TPSA) is 98.2 Å². The van der Waals surface area contributed by atoms with Crippen molar-refractivity contribution >= 4 is 11.8 Å². The molecule has 0 aliphatic rings. The van der Waals surface area contributed by atoms with Gasteiger partial charge in [0, 0.05) is 6.07 Å². The Morgan fingerprint density at radius 2 is 1.76 bits per heavy atom. The summed E-state index contributed by atoms with van der Waals surface area (Å²) in [6.07, 6.45) is 0. The van der Waals surface area contributed by atoms with Crippen LogP contribution < -0.4 is 11.1 Å². The van der Waals surface area contributed by atoms with Gasteiger partial charge >= 0.3 is 0 Å². The summed E-state index contributed by atoms with van der Waals surface area (Å²) in [7, 11) is 0. The number of nitrogens with zero attached hydrogens (tertiary/aromatic N) is 1. The van der Waals surface area contributed by atoms with Crippen molar-refractivity contribution in [1.29, 1.82) is 0 Å². The van der Waals surface area contributed by atoms with Crippen LogP contribution in [0.5, 0.6) is 0 Å². The Balaban J connectivity index is 1.82. The van der Waals surface area contributed by atoms with Crippen molar-refractivity contribution < 1.29 is 18.5 Å². The Morgan fingerprint density at radius 1 is 1.08 bits per heavy atom. The summed E-state index contributed by atoms with van der Waals surface area (Å²) in [6.45, 7) is 0. The zero-order chi connectivity index (χ0) is 17.8. The highest BCUT2D eigenvalue weighted by molar-refractivity contribution is 5.96. The predicted octanol–water partition coefficient (Wildman–Crippen LogP) is 2.44. The van der Waals surface area contributed by atoms with E-state index in [1.807, 2.05) is 0 Å². The Morgan fingerprint density at radius 3 is 2.44 bits per heavy atom. The van der Waals surface area contributed by atoms with E-state index in [0.717, 1.165) is 0 Å². The molecule has 1 unspecified atom stereocenters. The Kier molecular flexibility index (Phi) is 4.56. The highest BCUT2D eigenvalue weighted by Crippen LogP contribution is 2.23. The predicted molar refractivity (Wildman–Crippen MR) is 87.7 cm³/mol. The molecule has 2 amide bonds. The molecule has 126 valence electrons. The molecule has 2 aromatic carbocycles. The van der Waals surface area contributed by atoms with E-state index in [9.17, 15) is 14.0 Å². The third-order valence-corrected chi connectivity index (χ3v) is 3.57. The van der Waals surface area contributed by atoms with Crippen molar-refractivity contribution in [2.75, 3.05) is 0 Å². The number of primary amides is 1. The van der Waals surface area contributed by atoms with Crippen LogP contribution in [0, 0.1) is 5.82 Å². The van der Waals surface area contributed by atoms with Gasteiger partial charge in [-0.05, 0) is 17.7 Å². The first-order valence-corrected chi connectivity index (χ1v) is 7.43. The number of amides is 2. The van der Waals surface area contributed by atoms with E-state index in [1.54, 1.807) is 42.5 Å². The zero-order valence-electron chi connectivity index (χ0n) is 13.0. The van der Waals surface area contributed by atoms with Crippen LogP contribution in [0.2, 0.25) is 0 Å². The fourth-order valence-corrected chi connectivity index (χ4v) is 2.34. The maximum absolute atomic E-state index is 13.8. The van der Waals surface area contributed by atoms with Gasteiger partial charge in [-0.25, -0.2) is 4.39 Å². The van der Waals surface area contributed by atoms with Gasteiger partial charge in [0.2, 0.25) is 5.91 Å². The Bertz CT molecular complexity index is 909. The number of carbonyl (C=O) groups is 2. The molecule has 0 saturated carbocycles. The molecule has 1 atom stereocenters. The summed E-state index contributed by atoms with van der Waals surface area (Å²) in [5.74, 6) is -1.75. The van der Waals surface area contributed by atoms with Crippen LogP contribution in [-0.2, 0) is 4.79 Å². The molecule has 3 N–H and O–H groups in total. The molecule has 0 aliphatic carbocycles. The van der Waals surface area contributed by atoms with Crippen molar-refractivity contribution in [2.45, 2.75) is 6.04 Å². The standard InChI is InChI=1S/C18H14FN3O3/c19-13-9-5-4-8-12(13)15-10-14(22-25-15)18(24)21-16(17(20)23)11-6-2-1-3-7-11/h1-10,16H,(H2,20,23)(H,21,24). The average Bonchev–Trinajstić information content (AvgIpc) is 3.10. The summed E-state index contributed by atoms with van der Waals surface area (Å²) in [6, 6.07) is 14.8. The van der Waals surface area contributed by atoms with E-state index in [4.69, 9.17) is 10.3 Å². The molecular weight excluding hydrogens is 325 g/mol. The van der Waals surface area contributed by atoms with Crippen LogP contribution in [0.25, 0.3) is 11.3 Å². The van der Waals surface area contributed by atoms with Crippen LogP contribution >= 0.6 is 0 Å². The monoisotopic (exact) mass is 339 g/mol. The van der Waals surface area contributed by atoms with Crippen LogP contribution in [-0.4, -0.2) is 17.0 Å². The van der Waals surface area contributed by atoms with Gasteiger partial charge in [0.1, 0.15) is 11.9 Å². The second-order valence-electron chi connectivity index (χ2n) is 5.28. The SMILES string of the molecule is NC(=O)C(NC(=O)c1cc(-c2ccccc2F)on1)c1ccccc1. The van der Waals surface area contributed by atoms with Gasteiger partial charge in [0.25, 0.3) is 5.91 Å². The summed E-state index contributed by atoms with van der Waals surface area (Å²) in [5, 5.41) is 6.13. The molecule has 6 nitrogen and oxygen atoms in total. The number of halogens is 1. The molecule has 0 saturated heterocycles. The summed E-state index contributed by atoms with van der Waals surface area (Å²) >= 11 is 0. The van der Waals surface area contributed by atoms with E-state index in [1.165, 1.54) is 18.2 Å². The molecule has 3 rings (SSSR count). The van der Waals surface area contributed by atoms with E-state index >= 15 is 0 Å². The molecule has 1 aromatic heterocycles. The molecule has 0 fully saturated rings. The first-order valence-electron chi connectivity index (χ1n) is 7.43. The van der Waals surface area contributed by atoms with Gasteiger partial charge < -0.3 is 15.6 Å². The normalized spacial score (nSPS) is 11.7. The first kappa shape index (κ1) is 16.4. The minimum atomic E-state index is -1.01. The number of rotatable bonds is 5. The maximum atomic E-state index is 13.8. The Hall–Kier alpha value is -3.48. The lowest BCUT2D eigenvalue weighted by atomic mass is 10.1. The molecule has 25 heavy (non-hydrogen) atoms. The van der Waals surface area contributed by atoms with Crippen LogP contribution in [0.3, 0.4) is 0 Å². The molecule has 0 spiro atoms. The van der Waals surface area contributed by atoms with Crippen molar-refractivity contribution in [3.8, 4) is 11.3 Å². The third-order valence-electron chi connectivity index (χ3n) is 3.57. The summed E-state index contributed by atoms with van der Waals surface area (Å²) in [5.41, 5.74) is 6.01. The fraction of sp³-hybridized carbons (Fsp3) is 0.0556. The highest BCUT2D eigenvalue weighted by Gasteiger charge is 2.23. The van der Waals surface area contributed by atoms with Crippen molar-refractivity contribution in [3.05, 3.63) is 77.7 Å². The quantitative estimate of drug-likeness (QED) is 0.746. The van der Waals surface area contributed by atoms with E-state index < -0.39 is 23.7 Å². The van der Waals surface area contributed by atoms with Gasteiger partial charge in [-0.3, -0.25) is 9.59 Å². The minimum Gasteiger partial charge on any atom is -0.368 e. The van der Waals surface area contributed by atoms with E-state index in [-0.39, 0.29) is 17.0 Å². The number of benzene rings is 2. The first-order chi connectivity index (χ1) is 12.1. The van der Waals surface area contributed by atoms with Crippen LogP contribution in [0.15, 0.2) is 65.2 Å². The number of carbonyl (C=O) groups excluding carboxylic acids is 2. The van der Waals surface area contributed by atoms with Gasteiger partial charge in [-0.1, -0.05) is 47.6 Å². The highest BCUT2D eigenvalue weighted by atomic mass is 19.1. The molecule has 0 radical (unpaired) electrons. The van der Waals surface area contributed by atoms with Crippen LogP contribution in [0.1, 0.15) is 22.1 Å². The molecule has 0 bridgehead atoms. The van der Waals surface area contributed by atoms with Crippen molar-refractivity contribution in [1.82, 2.24) is 10.5 Å². The zero-order valence-corrected chi connectivity index (χ0v) is 13.0. The molecule has 7 heteroatoms. The van der Waals surface area contributed by atoms with Gasteiger partial charge in [-0.15, -0.1) is 0 Å². The van der Waals surface area contributed by atoms with Crippen LogP contribution in [0.4, 0.5) is 4.39 Å². The molecule has 1 heterocycles. The van der Waals surface area contributed by atoms with E-state index in [0.29, 0.717) is 5.56 Å². The number of aromatic nitrogens is 1. The number of nitrogens with one attached hydrogen (secondary N) is 1. The largest absolute Gasteiger partial charge is 0.368 e.